The van der Waals surface area contributed by atoms with Crippen molar-refractivity contribution in [2.24, 2.45) is 4.99 Å². The average Bonchev–Trinajstić information content (AvgIpc) is 2.39. The molecule has 0 aromatic heterocycles. The van der Waals surface area contributed by atoms with E-state index in [1.165, 1.54) is 37.6 Å². The van der Waals surface area contributed by atoms with Gasteiger partial charge in [0, 0.05) is 31.9 Å². The lowest BCUT2D eigenvalue weighted by Crippen LogP contribution is -2.52. The first kappa shape index (κ1) is 9.70. The predicted octanol–water partition coefficient (Wildman–Crippen LogP) is 1.96. The van der Waals surface area contributed by atoms with E-state index < -0.39 is 0 Å². The number of nitrogens with zero attached hydrogens (tertiary/aromatic N) is 3. The van der Waals surface area contributed by atoms with Gasteiger partial charge in [0.05, 0.1) is 0 Å². The van der Waals surface area contributed by atoms with Gasteiger partial charge in [-0.05, 0) is 25.0 Å². The summed E-state index contributed by atoms with van der Waals surface area (Å²) in [6.07, 6.45) is 2.43. The maximum Gasteiger partial charge on any atom is 0.201 e. The van der Waals surface area contributed by atoms with Crippen LogP contribution in [0.4, 0.5) is 5.69 Å². The molecule has 1 aromatic rings. The summed E-state index contributed by atoms with van der Waals surface area (Å²) in [5.41, 5.74) is 1.27. The van der Waals surface area contributed by atoms with E-state index in [-0.39, 0.29) is 0 Å². The number of aliphatic imine (C=N–C) groups is 1. The molecule has 1 saturated heterocycles. The molecule has 0 N–H and O–H groups in total. The smallest absolute Gasteiger partial charge is 0.201 e. The van der Waals surface area contributed by atoms with Crippen LogP contribution in [-0.2, 0) is 0 Å². The molecular formula is C13H17N3. The van der Waals surface area contributed by atoms with Gasteiger partial charge >= 0.3 is 0 Å². The molecule has 3 rings (SSSR count). The van der Waals surface area contributed by atoms with Crippen LogP contribution >= 0.6 is 0 Å². The highest BCUT2D eigenvalue weighted by atomic mass is 15.4. The van der Waals surface area contributed by atoms with Gasteiger partial charge in [-0.25, -0.2) is 0 Å². The second kappa shape index (κ2) is 4.16. The summed E-state index contributed by atoms with van der Waals surface area (Å²) < 4.78 is 0. The summed E-state index contributed by atoms with van der Waals surface area (Å²) in [6.45, 7) is 4.42. The van der Waals surface area contributed by atoms with Crippen LogP contribution in [-0.4, -0.2) is 37.0 Å². The average molecular weight is 215 g/mol. The van der Waals surface area contributed by atoms with Crippen molar-refractivity contribution in [1.82, 2.24) is 4.90 Å². The summed E-state index contributed by atoms with van der Waals surface area (Å²) in [5, 5.41) is 0. The highest BCUT2D eigenvalue weighted by Crippen LogP contribution is 2.21. The molecule has 0 saturated carbocycles. The topological polar surface area (TPSA) is 18.8 Å². The summed E-state index contributed by atoms with van der Waals surface area (Å²) in [4.78, 5) is 9.44. The molecule has 0 amide bonds. The Balaban J connectivity index is 1.92. The Morgan fingerprint density at radius 3 is 2.62 bits per heavy atom. The minimum absolute atomic E-state index is 0.981. The molecule has 2 aliphatic rings. The van der Waals surface area contributed by atoms with E-state index >= 15 is 0 Å². The van der Waals surface area contributed by atoms with Gasteiger partial charge in [-0.3, -0.25) is 4.99 Å². The zero-order chi connectivity index (χ0) is 10.8. The first-order valence-corrected chi connectivity index (χ1v) is 6.07. The zero-order valence-electron chi connectivity index (χ0n) is 9.47. The molecule has 0 aliphatic carbocycles. The van der Waals surface area contributed by atoms with Crippen molar-refractivity contribution in [2.75, 3.05) is 31.1 Å². The Morgan fingerprint density at radius 1 is 0.938 bits per heavy atom. The lowest BCUT2D eigenvalue weighted by atomic mass is 10.2. The van der Waals surface area contributed by atoms with Crippen LogP contribution in [0.5, 0.6) is 0 Å². The molecule has 3 heteroatoms. The van der Waals surface area contributed by atoms with Gasteiger partial charge in [0.2, 0.25) is 5.96 Å². The van der Waals surface area contributed by atoms with E-state index in [9.17, 15) is 0 Å². The molecule has 84 valence electrons. The molecule has 2 aliphatic heterocycles. The molecule has 3 nitrogen and oxygen atoms in total. The van der Waals surface area contributed by atoms with Crippen LogP contribution in [0.25, 0.3) is 0 Å². The fourth-order valence-corrected chi connectivity index (χ4v) is 2.48. The molecule has 16 heavy (non-hydrogen) atoms. The second-order valence-electron chi connectivity index (χ2n) is 4.36. The highest BCUT2D eigenvalue weighted by molar-refractivity contribution is 5.97. The molecular weight excluding hydrogens is 198 g/mol. The molecule has 0 spiro atoms. The Labute approximate surface area is 96.4 Å². The lowest BCUT2D eigenvalue weighted by molar-refractivity contribution is 0.360. The van der Waals surface area contributed by atoms with Crippen molar-refractivity contribution in [3.05, 3.63) is 30.3 Å². The maximum atomic E-state index is 4.68. The van der Waals surface area contributed by atoms with Crippen LogP contribution in [0, 0.1) is 0 Å². The first-order valence-electron chi connectivity index (χ1n) is 6.07. The van der Waals surface area contributed by atoms with Gasteiger partial charge in [0.15, 0.2) is 0 Å². The number of rotatable bonds is 1. The normalized spacial score (nSPS) is 20.4. The lowest BCUT2D eigenvalue weighted by Gasteiger charge is -2.41. The van der Waals surface area contributed by atoms with E-state index in [1.807, 2.05) is 0 Å². The standard InChI is InChI=1S/C13H17N3/c1-2-6-12(7-3-1)16-11-5-10-15-9-4-8-14-13(15)16/h1-3,6-7H,4-5,8-11H2. The van der Waals surface area contributed by atoms with Crippen molar-refractivity contribution in [2.45, 2.75) is 12.8 Å². The van der Waals surface area contributed by atoms with Crippen LogP contribution in [0.15, 0.2) is 35.3 Å². The predicted molar refractivity (Wildman–Crippen MR) is 66.9 cm³/mol. The highest BCUT2D eigenvalue weighted by Gasteiger charge is 2.25. The number of hydrogen-bond donors (Lipinski definition) is 0. The molecule has 1 aromatic carbocycles. The fourth-order valence-electron chi connectivity index (χ4n) is 2.48. The monoisotopic (exact) mass is 215 g/mol. The zero-order valence-corrected chi connectivity index (χ0v) is 9.47. The van der Waals surface area contributed by atoms with E-state index in [2.05, 4.69) is 45.1 Å². The minimum Gasteiger partial charge on any atom is -0.342 e. The summed E-state index contributed by atoms with van der Waals surface area (Å²) >= 11 is 0. The number of guanidine groups is 1. The summed E-state index contributed by atoms with van der Waals surface area (Å²) in [5.74, 6) is 1.18. The van der Waals surface area contributed by atoms with Gasteiger partial charge in [-0.15, -0.1) is 0 Å². The SMILES string of the molecule is c1ccc(N2CCCN3CCCN=C32)cc1. The van der Waals surface area contributed by atoms with Gasteiger partial charge < -0.3 is 9.80 Å². The third kappa shape index (κ3) is 1.66. The Morgan fingerprint density at radius 2 is 1.75 bits per heavy atom. The van der Waals surface area contributed by atoms with E-state index in [1.54, 1.807) is 0 Å². The van der Waals surface area contributed by atoms with Crippen LogP contribution in [0.2, 0.25) is 0 Å². The number of hydrogen-bond acceptors (Lipinski definition) is 3. The molecule has 0 bridgehead atoms. The first-order chi connectivity index (χ1) is 7.95. The van der Waals surface area contributed by atoms with Gasteiger partial charge in [0.25, 0.3) is 0 Å². The van der Waals surface area contributed by atoms with Gasteiger partial charge in [-0.2, -0.15) is 0 Å². The number of fused-ring (bicyclic) bond motifs is 1. The number of benzene rings is 1. The molecule has 0 unspecified atom stereocenters. The van der Waals surface area contributed by atoms with Crippen LogP contribution in [0.3, 0.4) is 0 Å². The van der Waals surface area contributed by atoms with Crippen molar-refractivity contribution in [3.63, 3.8) is 0 Å². The summed E-state index contributed by atoms with van der Waals surface area (Å²) in [6, 6.07) is 10.6. The molecule has 0 radical (unpaired) electrons. The molecule has 1 fully saturated rings. The fraction of sp³-hybridized carbons (Fsp3) is 0.462. The van der Waals surface area contributed by atoms with Crippen molar-refractivity contribution in [3.8, 4) is 0 Å². The van der Waals surface area contributed by atoms with Gasteiger partial charge in [-0.1, -0.05) is 18.2 Å². The van der Waals surface area contributed by atoms with E-state index in [0.717, 1.165) is 13.1 Å². The third-order valence-corrected chi connectivity index (χ3v) is 3.24. The maximum absolute atomic E-state index is 4.68. The Bertz CT molecular complexity index is 385. The van der Waals surface area contributed by atoms with E-state index in [4.69, 9.17) is 0 Å². The molecule has 2 heterocycles. The van der Waals surface area contributed by atoms with Crippen molar-refractivity contribution < 1.29 is 0 Å². The van der Waals surface area contributed by atoms with Crippen molar-refractivity contribution >= 4 is 11.6 Å². The third-order valence-electron chi connectivity index (χ3n) is 3.24. The van der Waals surface area contributed by atoms with E-state index in [0.29, 0.717) is 0 Å². The van der Waals surface area contributed by atoms with Crippen molar-refractivity contribution in [1.29, 1.82) is 0 Å². The second-order valence-corrected chi connectivity index (χ2v) is 4.36. The van der Waals surface area contributed by atoms with Crippen LogP contribution in [0.1, 0.15) is 12.8 Å². The quantitative estimate of drug-likeness (QED) is 0.713. The Hall–Kier alpha value is -1.51. The number of anilines is 1. The summed E-state index contributed by atoms with van der Waals surface area (Å²) in [7, 11) is 0. The van der Waals surface area contributed by atoms with Gasteiger partial charge in [0.1, 0.15) is 0 Å². The Kier molecular flexibility index (Phi) is 2.52. The molecule has 0 atom stereocenters. The number of para-hydroxylation sites is 1. The van der Waals surface area contributed by atoms with Crippen LogP contribution < -0.4 is 4.90 Å². The largest absolute Gasteiger partial charge is 0.342 e. The minimum atomic E-state index is 0.981.